The highest BCUT2D eigenvalue weighted by Gasteiger charge is 2.14. The zero-order valence-electron chi connectivity index (χ0n) is 11.3. The summed E-state index contributed by atoms with van der Waals surface area (Å²) in [6.45, 7) is 5.81. The molecule has 1 amide bonds. The zero-order valence-corrected chi connectivity index (χ0v) is 12.1. The molecule has 0 aromatic heterocycles. The predicted octanol–water partition coefficient (Wildman–Crippen LogP) is 4.13. The van der Waals surface area contributed by atoms with Gasteiger partial charge < -0.3 is 5.32 Å². The lowest BCUT2D eigenvalue weighted by atomic mass is 10.1. The quantitative estimate of drug-likeness (QED) is 0.830. The van der Waals surface area contributed by atoms with E-state index in [9.17, 15) is 9.18 Å². The predicted molar refractivity (Wildman–Crippen MR) is 80.2 cm³/mol. The second-order valence-electron chi connectivity index (χ2n) is 5.00. The molecule has 1 aromatic carbocycles. The minimum absolute atomic E-state index is 0. The summed E-state index contributed by atoms with van der Waals surface area (Å²) >= 11 is 0. The van der Waals surface area contributed by atoms with E-state index in [2.05, 4.69) is 5.32 Å². The zero-order chi connectivity index (χ0) is 13.6. The molecule has 1 N–H and O–H groups in total. The van der Waals surface area contributed by atoms with Gasteiger partial charge in [-0.05, 0) is 44.5 Å². The van der Waals surface area contributed by atoms with Crippen molar-refractivity contribution in [1.82, 2.24) is 5.32 Å². The van der Waals surface area contributed by atoms with Gasteiger partial charge in [-0.3, -0.25) is 4.79 Å². The number of halogens is 2. The number of rotatable bonds is 3. The van der Waals surface area contributed by atoms with Crippen molar-refractivity contribution in [2.24, 2.45) is 0 Å². The molecule has 0 saturated carbocycles. The first-order valence-electron chi connectivity index (χ1n) is 5.78. The summed E-state index contributed by atoms with van der Waals surface area (Å²) in [6.07, 6.45) is 5.15. The van der Waals surface area contributed by atoms with Gasteiger partial charge in [0, 0.05) is 11.1 Å². The molecule has 0 heterocycles. The van der Waals surface area contributed by atoms with Gasteiger partial charge in [-0.15, -0.1) is 12.4 Å². The van der Waals surface area contributed by atoms with Crippen molar-refractivity contribution < 1.29 is 9.18 Å². The van der Waals surface area contributed by atoms with Gasteiger partial charge in [-0.25, -0.2) is 4.39 Å². The minimum atomic E-state index is -0.248. The van der Waals surface area contributed by atoms with Crippen LogP contribution in [0.2, 0.25) is 0 Å². The van der Waals surface area contributed by atoms with E-state index in [0.29, 0.717) is 11.9 Å². The third-order valence-electron chi connectivity index (χ3n) is 2.13. The van der Waals surface area contributed by atoms with Crippen molar-refractivity contribution in [3.63, 3.8) is 0 Å². The number of carbonyl (C=O) groups is 1. The molecule has 104 valence electrons. The molecular formula is C15H19ClFNO. The van der Waals surface area contributed by atoms with Crippen LogP contribution in [-0.2, 0) is 0 Å². The highest BCUT2D eigenvalue weighted by Crippen LogP contribution is 2.08. The summed E-state index contributed by atoms with van der Waals surface area (Å²) in [4.78, 5) is 11.8. The highest BCUT2D eigenvalue weighted by molar-refractivity contribution is 5.94. The Morgan fingerprint density at radius 3 is 2.21 bits per heavy atom. The van der Waals surface area contributed by atoms with Crippen LogP contribution < -0.4 is 5.32 Å². The van der Waals surface area contributed by atoms with Crippen molar-refractivity contribution in [3.8, 4) is 0 Å². The molecule has 0 unspecified atom stereocenters. The average Bonchev–Trinajstić information content (AvgIpc) is 2.28. The third-order valence-corrected chi connectivity index (χ3v) is 2.13. The van der Waals surface area contributed by atoms with E-state index in [1.54, 1.807) is 24.3 Å². The van der Waals surface area contributed by atoms with E-state index in [0.717, 1.165) is 5.56 Å². The molecule has 1 aromatic rings. The molecular weight excluding hydrogens is 265 g/mol. The third kappa shape index (κ3) is 6.77. The van der Waals surface area contributed by atoms with Gasteiger partial charge in [0.05, 0.1) is 6.33 Å². The number of nitrogens with one attached hydrogen (secondary N) is 1. The maximum absolute atomic E-state index is 11.8. The number of allylic oxidation sites excluding steroid dienone is 2. The summed E-state index contributed by atoms with van der Waals surface area (Å²) in [5.74, 6) is -0.0957. The summed E-state index contributed by atoms with van der Waals surface area (Å²) in [6, 6.07) is 7.14. The molecule has 19 heavy (non-hydrogen) atoms. The summed E-state index contributed by atoms with van der Waals surface area (Å²) < 4.78 is 11.7. The van der Waals surface area contributed by atoms with Gasteiger partial charge in [0.15, 0.2) is 0 Å². The molecule has 0 saturated heterocycles. The van der Waals surface area contributed by atoms with Crippen molar-refractivity contribution in [3.05, 3.63) is 53.9 Å². The smallest absolute Gasteiger partial charge is 0.251 e. The van der Waals surface area contributed by atoms with Crippen molar-refractivity contribution >= 4 is 24.4 Å². The minimum Gasteiger partial charge on any atom is -0.347 e. The Bertz CT molecular complexity index is 458. The Hall–Kier alpha value is -1.61. The molecule has 0 atom stereocenters. The Balaban J connectivity index is 0.00000324. The lowest BCUT2D eigenvalue weighted by Gasteiger charge is -2.20. The summed E-state index contributed by atoms with van der Waals surface area (Å²) in [5, 5.41) is 2.89. The average molecular weight is 284 g/mol. The number of hydrogen-bond donors (Lipinski definition) is 1. The molecule has 0 spiro atoms. The van der Waals surface area contributed by atoms with E-state index in [-0.39, 0.29) is 23.9 Å². The Morgan fingerprint density at radius 1 is 1.16 bits per heavy atom. The second kappa shape index (κ2) is 7.74. The molecule has 0 radical (unpaired) electrons. The van der Waals surface area contributed by atoms with E-state index in [4.69, 9.17) is 0 Å². The number of amides is 1. The first-order chi connectivity index (χ1) is 8.42. The SMILES string of the molecule is CC(C)(C)NC(=O)c1ccc(/C=C/C=C\F)cc1.Cl. The van der Waals surface area contributed by atoms with Gasteiger partial charge in [0.2, 0.25) is 0 Å². The molecule has 0 bridgehead atoms. The van der Waals surface area contributed by atoms with Crippen LogP contribution in [0, 0.1) is 0 Å². The van der Waals surface area contributed by atoms with Gasteiger partial charge in [-0.1, -0.05) is 24.3 Å². The fourth-order valence-corrected chi connectivity index (χ4v) is 1.37. The van der Waals surface area contributed by atoms with Crippen LogP contribution in [0.25, 0.3) is 6.08 Å². The van der Waals surface area contributed by atoms with E-state index >= 15 is 0 Å². The normalized spacial score (nSPS) is 11.6. The molecule has 0 aliphatic heterocycles. The molecule has 0 aliphatic carbocycles. The lowest BCUT2D eigenvalue weighted by molar-refractivity contribution is 0.0919. The topological polar surface area (TPSA) is 29.1 Å². The van der Waals surface area contributed by atoms with Crippen LogP contribution in [0.3, 0.4) is 0 Å². The fraction of sp³-hybridized carbons (Fsp3) is 0.267. The first-order valence-corrected chi connectivity index (χ1v) is 5.78. The first kappa shape index (κ1) is 17.4. The van der Waals surface area contributed by atoms with Crippen LogP contribution in [0.4, 0.5) is 4.39 Å². The van der Waals surface area contributed by atoms with Gasteiger partial charge in [-0.2, -0.15) is 0 Å². The standard InChI is InChI=1S/C15H18FNO.ClH/c1-15(2,3)17-14(18)13-9-7-12(8-10-13)6-4-5-11-16;/h4-11H,1-3H3,(H,17,18);1H/b6-4+,11-5-;. The molecule has 0 fully saturated rings. The van der Waals surface area contributed by atoms with Crippen LogP contribution >= 0.6 is 12.4 Å². The van der Waals surface area contributed by atoms with E-state index < -0.39 is 0 Å². The lowest BCUT2D eigenvalue weighted by Crippen LogP contribution is -2.40. The van der Waals surface area contributed by atoms with Crippen molar-refractivity contribution in [2.75, 3.05) is 0 Å². The van der Waals surface area contributed by atoms with Crippen molar-refractivity contribution in [2.45, 2.75) is 26.3 Å². The number of carbonyl (C=O) groups excluding carboxylic acids is 1. The number of hydrogen-bond acceptors (Lipinski definition) is 1. The van der Waals surface area contributed by atoms with Crippen LogP contribution in [-0.4, -0.2) is 11.4 Å². The maximum Gasteiger partial charge on any atom is 0.251 e. The Morgan fingerprint density at radius 2 is 1.74 bits per heavy atom. The Kier molecular flexibility index (Phi) is 7.09. The molecule has 2 nitrogen and oxygen atoms in total. The molecule has 0 aliphatic rings. The van der Waals surface area contributed by atoms with Crippen LogP contribution in [0.1, 0.15) is 36.7 Å². The molecule has 4 heteroatoms. The van der Waals surface area contributed by atoms with Gasteiger partial charge in [0.1, 0.15) is 0 Å². The monoisotopic (exact) mass is 283 g/mol. The largest absolute Gasteiger partial charge is 0.347 e. The van der Waals surface area contributed by atoms with Gasteiger partial charge >= 0.3 is 0 Å². The highest BCUT2D eigenvalue weighted by atomic mass is 35.5. The second-order valence-corrected chi connectivity index (χ2v) is 5.00. The molecule has 1 rings (SSSR count). The number of benzene rings is 1. The maximum atomic E-state index is 11.8. The Labute approximate surface area is 119 Å². The van der Waals surface area contributed by atoms with E-state index in [1.807, 2.05) is 32.9 Å². The van der Waals surface area contributed by atoms with E-state index in [1.165, 1.54) is 6.08 Å². The van der Waals surface area contributed by atoms with Crippen LogP contribution in [0.5, 0.6) is 0 Å². The van der Waals surface area contributed by atoms with Crippen LogP contribution in [0.15, 0.2) is 42.7 Å². The van der Waals surface area contributed by atoms with Gasteiger partial charge in [0.25, 0.3) is 5.91 Å². The fourth-order valence-electron chi connectivity index (χ4n) is 1.37. The summed E-state index contributed by atoms with van der Waals surface area (Å²) in [7, 11) is 0. The summed E-state index contributed by atoms with van der Waals surface area (Å²) in [5.41, 5.74) is 1.28. The van der Waals surface area contributed by atoms with Crippen molar-refractivity contribution in [1.29, 1.82) is 0 Å².